The highest BCUT2D eigenvalue weighted by molar-refractivity contribution is 14.1. The van der Waals surface area contributed by atoms with Crippen molar-refractivity contribution in [3.05, 3.63) is 0 Å². The smallest absolute Gasteiger partial charge is 0.318 e. The molecular weight excluding hydrogens is 347 g/mol. The number of alkyl halides is 1. The van der Waals surface area contributed by atoms with E-state index in [9.17, 15) is 9.59 Å². The molecule has 0 N–H and O–H groups in total. The molecule has 0 aromatic heterocycles. The van der Waals surface area contributed by atoms with Crippen molar-refractivity contribution >= 4 is 34.5 Å². The Labute approximate surface area is 120 Å². The Kier molecular flexibility index (Phi) is 3.28. The van der Waals surface area contributed by atoms with E-state index in [1.807, 2.05) is 6.92 Å². The molecule has 1 aliphatic heterocycles. The van der Waals surface area contributed by atoms with Crippen LogP contribution >= 0.6 is 22.6 Å². The number of fused-ring (bicyclic) bond motifs is 1. The van der Waals surface area contributed by atoms with Gasteiger partial charge in [-0.3, -0.25) is 9.59 Å². The summed E-state index contributed by atoms with van der Waals surface area (Å²) < 4.78 is 10.7. The first-order chi connectivity index (χ1) is 8.61. The SMILES string of the molecule is CCC(I)C(=O)OCC1C2CC3OC(=O)C1C3C2. The first-order valence-corrected chi connectivity index (χ1v) is 7.87. The van der Waals surface area contributed by atoms with Crippen LogP contribution < -0.4 is 0 Å². The standard InChI is InChI=1S/C13H17IO4/c1-2-9(14)12(15)17-5-8-6-3-7-10(4-6)18-13(16)11(7)8/h6-11H,2-5H2,1H3. The molecule has 4 nitrogen and oxygen atoms in total. The van der Waals surface area contributed by atoms with Crippen LogP contribution in [0, 0.1) is 23.7 Å². The van der Waals surface area contributed by atoms with Gasteiger partial charge in [0, 0.05) is 11.8 Å². The maximum Gasteiger partial charge on any atom is 0.318 e. The molecule has 3 rings (SSSR count). The van der Waals surface area contributed by atoms with Gasteiger partial charge in [0.2, 0.25) is 0 Å². The lowest BCUT2D eigenvalue weighted by Crippen LogP contribution is -2.31. The molecule has 1 saturated heterocycles. The molecule has 2 saturated carbocycles. The van der Waals surface area contributed by atoms with Crippen molar-refractivity contribution in [2.45, 2.75) is 36.2 Å². The van der Waals surface area contributed by atoms with Gasteiger partial charge in [-0.1, -0.05) is 29.5 Å². The van der Waals surface area contributed by atoms with E-state index in [1.165, 1.54) is 0 Å². The predicted octanol–water partition coefficient (Wildman–Crippen LogP) is 1.94. The molecule has 6 atom stereocenters. The fourth-order valence-electron chi connectivity index (χ4n) is 3.80. The van der Waals surface area contributed by atoms with E-state index in [0.29, 0.717) is 18.4 Å². The number of halogens is 1. The zero-order valence-electron chi connectivity index (χ0n) is 10.3. The molecule has 0 aromatic rings. The number of hydrogen-bond acceptors (Lipinski definition) is 4. The van der Waals surface area contributed by atoms with Gasteiger partial charge in [0.15, 0.2) is 0 Å². The fourth-order valence-corrected chi connectivity index (χ4v) is 3.98. The average molecular weight is 364 g/mol. The van der Waals surface area contributed by atoms with Gasteiger partial charge >= 0.3 is 11.9 Å². The molecule has 3 fully saturated rings. The van der Waals surface area contributed by atoms with Crippen molar-refractivity contribution in [3.63, 3.8) is 0 Å². The van der Waals surface area contributed by atoms with Crippen molar-refractivity contribution in [1.29, 1.82) is 0 Å². The third-order valence-corrected chi connectivity index (χ3v) is 6.08. The minimum Gasteiger partial charge on any atom is -0.465 e. The van der Waals surface area contributed by atoms with E-state index >= 15 is 0 Å². The predicted molar refractivity (Wildman–Crippen MR) is 72.1 cm³/mol. The minimum atomic E-state index is -0.149. The van der Waals surface area contributed by atoms with Gasteiger partial charge < -0.3 is 9.47 Å². The summed E-state index contributed by atoms with van der Waals surface area (Å²) >= 11 is 2.10. The number of hydrogen-bond donors (Lipinski definition) is 0. The molecule has 1 heterocycles. The van der Waals surface area contributed by atoms with Gasteiger partial charge in [-0.15, -0.1) is 0 Å². The highest BCUT2D eigenvalue weighted by Crippen LogP contribution is 2.57. The number of carbonyl (C=O) groups is 2. The summed E-state index contributed by atoms with van der Waals surface area (Å²) in [6.45, 7) is 2.36. The lowest BCUT2D eigenvalue weighted by Gasteiger charge is -2.24. The van der Waals surface area contributed by atoms with Gasteiger partial charge in [0.1, 0.15) is 10.0 Å². The van der Waals surface area contributed by atoms with Crippen LogP contribution in [0.25, 0.3) is 0 Å². The summed E-state index contributed by atoms with van der Waals surface area (Å²) in [6.07, 6.45) is 2.98. The van der Waals surface area contributed by atoms with Crippen molar-refractivity contribution < 1.29 is 19.1 Å². The zero-order valence-corrected chi connectivity index (χ0v) is 12.5. The number of esters is 2. The van der Waals surface area contributed by atoms with Crippen LogP contribution in [-0.2, 0) is 19.1 Å². The first kappa shape index (κ1) is 12.7. The topological polar surface area (TPSA) is 52.6 Å². The van der Waals surface area contributed by atoms with E-state index in [4.69, 9.17) is 9.47 Å². The maximum absolute atomic E-state index is 11.8. The number of ether oxygens (including phenoxy) is 2. The zero-order chi connectivity index (χ0) is 12.9. The molecule has 18 heavy (non-hydrogen) atoms. The van der Waals surface area contributed by atoms with Crippen LogP contribution in [-0.4, -0.2) is 28.6 Å². The first-order valence-electron chi connectivity index (χ1n) is 6.63. The van der Waals surface area contributed by atoms with Crippen LogP contribution in [0.3, 0.4) is 0 Å². The monoisotopic (exact) mass is 364 g/mol. The minimum absolute atomic E-state index is 0.00385. The van der Waals surface area contributed by atoms with Crippen LogP contribution in [0.1, 0.15) is 26.2 Å². The van der Waals surface area contributed by atoms with Crippen molar-refractivity contribution in [1.82, 2.24) is 0 Å². The van der Waals surface area contributed by atoms with Crippen molar-refractivity contribution in [3.8, 4) is 0 Å². The quantitative estimate of drug-likeness (QED) is 0.435. The van der Waals surface area contributed by atoms with Crippen molar-refractivity contribution in [2.75, 3.05) is 6.61 Å². The molecule has 0 aromatic carbocycles. The van der Waals surface area contributed by atoms with E-state index in [1.54, 1.807) is 0 Å². The second-order valence-corrected chi connectivity index (χ2v) is 7.07. The molecule has 5 heteroatoms. The maximum atomic E-state index is 11.8. The molecule has 0 radical (unpaired) electrons. The van der Waals surface area contributed by atoms with E-state index in [-0.39, 0.29) is 33.8 Å². The summed E-state index contributed by atoms with van der Waals surface area (Å²) in [6, 6.07) is 0. The lowest BCUT2D eigenvalue weighted by molar-refractivity contribution is -0.149. The van der Waals surface area contributed by atoms with Gasteiger partial charge in [0.25, 0.3) is 0 Å². The van der Waals surface area contributed by atoms with Gasteiger partial charge in [-0.05, 0) is 25.2 Å². The molecule has 3 aliphatic rings. The second kappa shape index (κ2) is 4.65. The van der Waals surface area contributed by atoms with Gasteiger partial charge in [0.05, 0.1) is 12.5 Å². The van der Waals surface area contributed by atoms with Crippen molar-refractivity contribution in [2.24, 2.45) is 23.7 Å². The van der Waals surface area contributed by atoms with E-state index < -0.39 is 0 Å². The Morgan fingerprint density at radius 3 is 3.06 bits per heavy atom. The summed E-state index contributed by atoms with van der Waals surface area (Å²) in [5.74, 6) is 0.893. The molecular formula is C13H17IO4. The van der Waals surface area contributed by atoms with E-state index in [2.05, 4.69) is 22.6 Å². The average Bonchev–Trinajstić information content (AvgIpc) is 2.95. The molecule has 100 valence electrons. The number of carbonyl (C=O) groups excluding carboxylic acids is 2. The van der Waals surface area contributed by atoms with Gasteiger partial charge in [-0.2, -0.15) is 0 Å². The Morgan fingerprint density at radius 1 is 1.56 bits per heavy atom. The lowest BCUT2D eigenvalue weighted by atomic mass is 9.80. The largest absolute Gasteiger partial charge is 0.465 e. The molecule has 0 amide bonds. The number of rotatable bonds is 4. The Hall–Kier alpha value is -0.330. The van der Waals surface area contributed by atoms with Crippen LogP contribution in [0.2, 0.25) is 0 Å². The molecule has 2 aliphatic carbocycles. The summed E-state index contributed by atoms with van der Waals surface area (Å²) in [4.78, 5) is 23.5. The Balaban J connectivity index is 1.61. The molecule has 6 unspecified atom stereocenters. The van der Waals surface area contributed by atoms with Crippen LogP contribution in [0.15, 0.2) is 0 Å². The summed E-state index contributed by atoms with van der Waals surface area (Å²) in [5.41, 5.74) is 0. The highest BCUT2D eigenvalue weighted by atomic mass is 127. The van der Waals surface area contributed by atoms with Crippen LogP contribution in [0.5, 0.6) is 0 Å². The normalized spacial score (nSPS) is 41.9. The molecule has 0 spiro atoms. The fraction of sp³-hybridized carbons (Fsp3) is 0.846. The third kappa shape index (κ3) is 1.85. The second-order valence-electron chi connectivity index (χ2n) is 5.57. The molecule has 2 bridgehead atoms. The Morgan fingerprint density at radius 2 is 2.33 bits per heavy atom. The van der Waals surface area contributed by atoms with E-state index in [0.717, 1.165) is 19.3 Å². The Bertz CT molecular complexity index is 381. The van der Waals surface area contributed by atoms with Crippen LogP contribution in [0.4, 0.5) is 0 Å². The summed E-state index contributed by atoms with van der Waals surface area (Å²) in [5, 5.41) is 0. The highest BCUT2D eigenvalue weighted by Gasteiger charge is 2.62. The summed E-state index contributed by atoms with van der Waals surface area (Å²) in [7, 11) is 0. The van der Waals surface area contributed by atoms with Gasteiger partial charge in [-0.25, -0.2) is 0 Å². The third-order valence-electron chi connectivity index (χ3n) is 4.69.